The van der Waals surface area contributed by atoms with Crippen LogP contribution in [0.2, 0.25) is 0 Å². The van der Waals surface area contributed by atoms with Gasteiger partial charge in [-0.25, -0.2) is 33.5 Å². The molecule has 0 atom stereocenters. The molecule has 1 aliphatic heterocycles. The molecule has 11 nitrogen and oxygen atoms in total. The molecule has 2 aromatic heterocycles. The Balaban J connectivity index is 1.29. The summed E-state index contributed by atoms with van der Waals surface area (Å²) in [5, 5.41) is 8.27. The normalized spacial score (nSPS) is 13.0. The van der Waals surface area contributed by atoms with Crippen molar-refractivity contribution >= 4 is 45.7 Å². The predicted octanol–water partition coefficient (Wildman–Crippen LogP) is 5.47. The molecule has 13 heteroatoms. The van der Waals surface area contributed by atoms with Crippen LogP contribution >= 0.6 is 0 Å². The monoisotopic (exact) mass is 596 g/mol. The molecule has 3 aromatic carbocycles. The van der Waals surface area contributed by atoms with E-state index in [9.17, 15) is 9.59 Å². The number of fused-ring (bicyclic) bond motifs is 1. The largest absolute Gasteiger partial charge is 0.378 e. The Bertz CT molecular complexity index is 1850. The number of hydrogen-bond acceptors (Lipinski definition) is 8. The Morgan fingerprint density at radius 1 is 0.818 bits per heavy atom. The highest BCUT2D eigenvalue weighted by Crippen LogP contribution is 2.34. The number of morpholine rings is 1. The van der Waals surface area contributed by atoms with Gasteiger partial charge in [-0.05, 0) is 54.6 Å². The van der Waals surface area contributed by atoms with Gasteiger partial charge in [0, 0.05) is 65.9 Å². The van der Waals surface area contributed by atoms with Gasteiger partial charge >= 0.3 is 6.03 Å². The molecule has 3 amide bonds. The average Bonchev–Trinajstić information content (AvgIpc) is 3.03. The maximum atomic E-state index is 15.3. The fourth-order valence-corrected chi connectivity index (χ4v) is 4.82. The van der Waals surface area contributed by atoms with Crippen LogP contribution in [0.3, 0.4) is 0 Å². The first-order valence-corrected chi connectivity index (χ1v) is 13.7. The van der Waals surface area contributed by atoms with Crippen LogP contribution in [0.25, 0.3) is 33.4 Å². The zero-order valence-electron chi connectivity index (χ0n) is 23.5. The maximum absolute atomic E-state index is 15.3. The number of benzene rings is 3. The van der Waals surface area contributed by atoms with Crippen LogP contribution in [0.15, 0.2) is 73.3 Å². The number of aromatic nitrogens is 4. The molecule has 222 valence electrons. The van der Waals surface area contributed by atoms with E-state index < -0.39 is 17.7 Å². The number of nitrogens with one attached hydrogen (secondary N) is 3. The highest BCUT2D eigenvalue weighted by Gasteiger charge is 2.21. The number of carbonyl (C=O) groups excluding carboxylic acids is 2. The molecule has 1 aliphatic rings. The second-order valence-electron chi connectivity index (χ2n) is 9.98. The lowest BCUT2D eigenvalue weighted by Crippen LogP contribution is -2.37. The van der Waals surface area contributed by atoms with Gasteiger partial charge in [-0.15, -0.1) is 0 Å². The van der Waals surface area contributed by atoms with Crippen molar-refractivity contribution in [1.82, 2.24) is 19.9 Å². The third-order valence-electron chi connectivity index (χ3n) is 6.89. The van der Waals surface area contributed by atoms with Gasteiger partial charge in [-0.3, -0.25) is 4.79 Å². The summed E-state index contributed by atoms with van der Waals surface area (Å²) in [6.07, 6.45) is 4.39. The molecule has 1 fully saturated rings. The van der Waals surface area contributed by atoms with E-state index in [-0.39, 0.29) is 23.0 Å². The number of hydrogen-bond donors (Lipinski definition) is 3. The molecule has 0 saturated carbocycles. The summed E-state index contributed by atoms with van der Waals surface area (Å²) in [5.41, 5.74) is 2.57. The molecule has 1 saturated heterocycles. The van der Waals surface area contributed by atoms with Crippen LogP contribution in [0, 0.1) is 11.6 Å². The minimum atomic E-state index is -0.698. The molecule has 0 bridgehead atoms. The first-order chi connectivity index (χ1) is 21.3. The standard InChI is InChI=1S/C31H26F2N8O3/c1-18(42)36-21-3-5-22(6-4-21)37-31(43)39-27-7-2-19(12-26(27)33)29-38-28-14-23(20-15-34-17-35-16-20)25(32)13-24(28)30(40-29)41-8-10-44-11-9-41/h2-7,12-17H,8-11H2,1H3,(H,36,42)(H2,37,39,43). The molecule has 44 heavy (non-hydrogen) atoms. The lowest BCUT2D eigenvalue weighted by molar-refractivity contribution is -0.114. The number of ether oxygens (including phenoxy) is 1. The van der Waals surface area contributed by atoms with Gasteiger partial charge < -0.3 is 25.6 Å². The molecule has 0 unspecified atom stereocenters. The fraction of sp³-hybridized carbons (Fsp3) is 0.161. The van der Waals surface area contributed by atoms with Gasteiger partial charge in [0.1, 0.15) is 23.8 Å². The van der Waals surface area contributed by atoms with E-state index in [2.05, 4.69) is 30.9 Å². The van der Waals surface area contributed by atoms with E-state index in [1.165, 1.54) is 43.8 Å². The minimum Gasteiger partial charge on any atom is -0.378 e. The Kier molecular flexibility index (Phi) is 8.02. The Morgan fingerprint density at radius 3 is 2.20 bits per heavy atom. The van der Waals surface area contributed by atoms with Crippen LogP contribution in [0.4, 0.5) is 36.5 Å². The van der Waals surface area contributed by atoms with Crippen molar-refractivity contribution in [2.45, 2.75) is 6.92 Å². The zero-order chi connectivity index (χ0) is 30.6. The first-order valence-electron chi connectivity index (χ1n) is 13.7. The summed E-state index contributed by atoms with van der Waals surface area (Å²) < 4.78 is 36.1. The third-order valence-corrected chi connectivity index (χ3v) is 6.89. The SMILES string of the molecule is CC(=O)Nc1ccc(NC(=O)Nc2ccc(-c3nc(N4CCOCC4)c4cc(F)c(-c5cncnc5)cc4n3)cc2F)cc1. The average molecular weight is 597 g/mol. The summed E-state index contributed by atoms with van der Waals surface area (Å²) >= 11 is 0. The molecule has 0 aliphatic carbocycles. The Hall–Kier alpha value is -5.56. The van der Waals surface area contributed by atoms with Crippen molar-refractivity contribution in [3.8, 4) is 22.5 Å². The smallest absolute Gasteiger partial charge is 0.323 e. The third kappa shape index (κ3) is 6.27. The Labute approximate surface area is 250 Å². The number of urea groups is 1. The van der Waals surface area contributed by atoms with Gasteiger partial charge in [0.2, 0.25) is 5.91 Å². The fourth-order valence-electron chi connectivity index (χ4n) is 4.82. The number of amides is 3. The second-order valence-corrected chi connectivity index (χ2v) is 9.98. The molecular formula is C31H26F2N8O3. The van der Waals surface area contributed by atoms with Crippen molar-refractivity contribution < 1.29 is 23.1 Å². The summed E-state index contributed by atoms with van der Waals surface area (Å²) in [7, 11) is 0. The molecular weight excluding hydrogens is 570 g/mol. The van der Waals surface area contributed by atoms with Crippen molar-refractivity contribution in [1.29, 1.82) is 0 Å². The Morgan fingerprint density at radius 2 is 1.52 bits per heavy atom. The van der Waals surface area contributed by atoms with E-state index in [1.807, 2.05) is 4.90 Å². The summed E-state index contributed by atoms with van der Waals surface area (Å²) in [6.45, 7) is 3.46. The number of nitrogens with zero attached hydrogens (tertiary/aromatic N) is 5. The van der Waals surface area contributed by atoms with Crippen molar-refractivity contribution in [2.24, 2.45) is 0 Å². The van der Waals surface area contributed by atoms with E-state index in [1.54, 1.807) is 36.4 Å². The zero-order valence-corrected chi connectivity index (χ0v) is 23.5. The quantitative estimate of drug-likeness (QED) is 0.235. The predicted molar refractivity (Wildman–Crippen MR) is 162 cm³/mol. The summed E-state index contributed by atoms with van der Waals surface area (Å²) in [6, 6.07) is 13.1. The molecule has 3 heterocycles. The minimum absolute atomic E-state index is 0.0521. The maximum Gasteiger partial charge on any atom is 0.323 e. The van der Waals surface area contributed by atoms with Crippen molar-refractivity contribution in [3.63, 3.8) is 0 Å². The number of carbonyl (C=O) groups is 2. The van der Waals surface area contributed by atoms with Crippen LogP contribution < -0.4 is 20.9 Å². The lowest BCUT2D eigenvalue weighted by atomic mass is 10.0. The molecule has 0 radical (unpaired) electrons. The number of rotatable bonds is 6. The summed E-state index contributed by atoms with van der Waals surface area (Å²) in [4.78, 5) is 43.1. The first kappa shape index (κ1) is 28.6. The van der Waals surface area contributed by atoms with Gasteiger partial charge in [-0.2, -0.15) is 0 Å². The van der Waals surface area contributed by atoms with Gasteiger partial charge in [-0.1, -0.05) is 0 Å². The summed E-state index contributed by atoms with van der Waals surface area (Å²) in [5.74, 6) is -0.641. The van der Waals surface area contributed by atoms with Gasteiger partial charge in [0.05, 0.1) is 24.4 Å². The van der Waals surface area contributed by atoms with E-state index >= 15 is 8.78 Å². The second kappa shape index (κ2) is 12.4. The van der Waals surface area contributed by atoms with Crippen LogP contribution in [-0.2, 0) is 9.53 Å². The van der Waals surface area contributed by atoms with Crippen LogP contribution in [0.5, 0.6) is 0 Å². The van der Waals surface area contributed by atoms with E-state index in [0.29, 0.717) is 65.5 Å². The molecule has 0 spiro atoms. The topological polar surface area (TPSA) is 134 Å². The van der Waals surface area contributed by atoms with E-state index in [0.717, 1.165) is 0 Å². The highest BCUT2D eigenvalue weighted by atomic mass is 19.1. The number of halogens is 2. The lowest BCUT2D eigenvalue weighted by Gasteiger charge is -2.29. The van der Waals surface area contributed by atoms with Crippen LogP contribution in [-0.4, -0.2) is 58.2 Å². The van der Waals surface area contributed by atoms with E-state index in [4.69, 9.17) is 9.72 Å². The van der Waals surface area contributed by atoms with Gasteiger partial charge in [0.15, 0.2) is 5.82 Å². The van der Waals surface area contributed by atoms with Gasteiger partial charge in [0.25, 0.3) is 0 Å². The van der Waals surface area contributed by atoms with Crippen LogP contribution in [0.1, 0.15) is 6.92 Å². The molecule has 5 aromatic rings. The van der Waals surface area contributed by atoms with Crippen molar-refractivity contribution in [3.05, 3.63) is 85.0 Å². The molecule has 6 rings (SSSR count). The number of anilines is 4. The van der Waals surface area contributed by atoms with Crippen molar-refractivity contribution in [2.75, 3.05) is 47.2 Å². The highest BCUT2D eigenvalue weighted by molar-refractivity contribution is 6.00. The molecule has 3 N–H and O–H groups in total.